The molecule has 1 aliphatic rings. The van der Waals surface area contributed by atoms with E-state index in [1.807, 2.05) is 0 Å². The first-order chi connectivity index (χ1) is 6.52. The van der Waals surface area contributed by atoms with Crippen molar-refractivity contribution in [3.63, 3.8) is 0 Å². The summed E-state index contributed by atoms with van der Waals surface area (Å²) >= 11 is 0. The molecule has 0 atom stereocenters. The Balaban J connectivity index is 2.75. The quantitative estimate of drug-likeness (QED) is 0.575. The number of hydrogen-bond donors (Lipinski definition) is 0. The van der Waals surface area contributed by atoms with E-state index in [1.165, 1.54) is 33.4 Å². The Labute approximate surface area is 86.7 Å². The Bertz CT molecular complexity index is 434. The van der Waals surface area contributed by atoms with Crippen LogP contribution in [0.1, 0.15) is 41.7 Å². The normalized spacial score (nSPS) is 14.9. The van der Waals surface area contributed by atoms with E-state index in [4.69, 9.17) is 0 Å². The van der Waals surface area contributed by atoms with Crippen molar-refractivity contribution < 1.29 is 0 Å². The standard InChI is InChI=1S/C14H18/c1-8-6-10(3)14-12(5)9(2)7-13(14)11(8)4/h6H,7H2,1-5H3. The monoisotopic (exact) mass is 186 g/mol. The zero-order chi connectivity index (χ0) is 10.5. The first-order valence-electron chi connectivity index (χ1n) is 5.28. The summed E-state index contributed by atoms with van der Waals surface area (Å²) in [6, 6.07) is 2.32. The van der Waals surface area contributed by atoms with Gasteiger partial charge in [-0.25, -0.2) is 0 Å². The van der Waals surface area contributed by atoms with Crippen molar-refractivity contribution in [2.24, 2.45) is 0 Å². The van der Waals surface area contributed by atoms with Gasteiger partial charge in [-0.05, 0) is 74.4 Å². The largest absolute Gasteiger partial charge is 0.0654 e. The lowest BCUT2D eigenvalue weighted by Gasteiger charge is -2.12. The highest BCUT2D eigenvalue weighted by molar-refractivity contribution is 5.78. The lowest BCUT2D eigenvalue weighted by atomic mass is 9.93. The molecule has 0 amide bonds. The maximum absolute atomic E-state index is 2.32. The fraction of sp³-hybridized carbons (Fsp3) is 0.429. The summed E-state index contributed by atoms with van der Waals surface area (Å²) in [5.41, 5.74) is 10.5. The summed E-state index contributed by atoms with van der Waals surface area (Å²) < 4.78 is 0. The molecule has 0 heteroatoms. The van der Waals surface area contributed by atoms with Crippen LogP contribution >= 0.6 is 0 Å². The fourth-order valence-corrected chi connectivity index (χ4v) is 2.52. The van der Waals surface area contributed by atoms with Crippen LogP contribution in [-0.4, -0.2) is 0 Å². The van der Waals surface area contributed by atoms with E-state index < -0.39 is 0 Å². The van der Waals surface area contributed by atoms with Gasteiger partial charge >= 0.3 is 0 Å². The minimum absolute atomic E-state index is 1.16. The Kier molecular flexibility index (Phi) is 2.02. The maximum atomic E-state index is 2.32. The summed E-state index contributed by atoms with van der Waals surface area (Å²) in [5, 5.41) is 0. The van der Waals surface area contributed by atoms with Crippen LogP contribution < -0.4 is 0 Å². The first-order valence-corrected chi connectivity index (χ1v) is 5.28. The third kappa shape index (κ3) is 1.13. The molecule has 0 bridgehead atoms. The molecule has 0 radical (unpaired) electrons. The van der Waals surface area contributed by atoms with Gasteiger partial charge in [-0.3, -0.25) is 0 Å². The predicted octanol–water partition coefficient (Wildman–Crippen LogP) is 3.96. The maximum Gasteiger partial charge on any atom is -0.00551 e. The van der Waals surface area contributed by atoms with E-state index in [-0.39, 0.29) is 0 Å². The number of allylic oxidation sites excluding steroid dienone is 2. The van der Waals surface area contributed by atoms with E-state index in [0.29, 0.717) is 0 Å². The van der Waals surface area contributed by atoms with E-state index in [9.17, 15) is 0 Å². The molecule has 2 rings (SSSR count). The summed E-state index contributed by atoms with van der Waals surface area (Å²) in [7, 11) is 0. The number of aryl methyl sites for hydroxylation is 2. The van der Waals surface area contributed by atoms with Crippen LogP contribution in [0.5, 0.6) is 0 Å². The van der Waals surface area contributed by atoms with Crippen molar-refractivity contribution in [3.8, 4) is 0 Å². The van der Waals surface area contributed by atoms with Crippen molar-refractivity contribution in [3.05, 3.63) is 39.5 Å². The van der Waals surface area contributed by atoms with Gasteiger partial charge in [0.15, 0.2) is 0 Å². The van der Waals surface area contributed by atoms with Crippen LogP contribution in [-0.2, 0) is 6.42 Å². The lowest BCUT2D eigenvalue weighted by Crippen LogP contribution is -1.95. The van der Waals surface area contributed by atoms with Crippen molar-refractivity contribution in [2.75, 3.05) is 0 Å². The molecule has 0 aliphatic heterocycles. The average molecular weight is 186 g/mol. The molecular weight excluding hydrogens is 168 g/mol. The molecule has 0 heterocycles. The van der Waals surface area contributed by atoms with Gasteiger partial charge in [0.25, 0.3) is 0 Å². The summed E-state index contributed by atoms with van der Waals surface area (Å²) in [4.78, 5) is 0. The van der Waals surface area contributed by atoms with Gasteiger partial charge in [0, 0.05) is 0 Å². The highest BCUT2D eigenvalue weighted by atomic mass is 14.2. The Hall–Kier alpha value is -1.04. The Morgan fingerprint density at radius 2 is 1.57 bits per heavy atom. The fourth-order valence-electron chi connectivity index (χ4n) is 2.52. The van der Waals surface area contributed by atoms with Crippen LogP contribution in [0, 0.1) is 20.8 Å². The van der Waals surface area contributed by atoms with E-state index >= 15 is 0 Å². The molecule has 14 heavy (non-hydrogen) atoms. The highest BCUT2D eigenvalue weighted by Gasteiger charge is 2.20. The van der Waals surface area contributed by atoms with Crippen LogP contribution in [0.3, 0.4) is 0 Å². The van der Waals surface area contributed by atoms with Crippen LogP contribution in [0.4, 0.5) is 0 Å². The van der Waals surface area contributed by atoms with Crippen molar-refractivity contribution in [1.29, 1.82) is 0 Å². The summed E-state index contributed by atoms with van der Waals surface area (Å²) in [5.74, 6) is 0. The second-order valence-electron chi connectivity index (χ2n) is 4.57. The minimum Gasteiger partial charge on any atom is -0.0654 e. The summed E-state index contributed by atoms with van der Waals surface area (Å²) in [6.07, 6.45) is 1.16. The van der Waals surface area contributed by atoms with Crippen LogP contribution in [0.15, 0.2) is 11.6 Å². The molecule has 0 spiro atoms. The minimum atomic E-state index is 1.16. The molecule has 0 fully saturated rings. The number of fused-ring (bicyclic) bond motifs is 1. The molecule has 0 unspecified atom stereocenters. The third-order valence-corrected chi connectivity index (χ3v) is 3.63. The van der Waals surface area contributed by atoms with Gasteiger partial charge in [-0.1, -0.05) is 11.6 Å². The zero-order valence-corrected chi connectivity index (χ0v) is 9.78. The zero-order valence-electron chi connectivity index (χ0n) is 9.78. The average Bonchev–Trinajstić information content (AvgIpc) is 2.40. The smallest absolute Gasteiger partial charge is 0.00551 e. The number of hydrogen-bond acceptors (Lipinski definition) is 0. The van der Waals surface area contributed by atoms with E-state index in [1.54, 1.807) is 5.56 Å². The second kappa shape index (κ2) is 2.98. The Morgan fingerprint density at radius 3 is 2.21 bits per heavy atom. The Morgan fingerprint density at radius 1 is 0.929 bits per heavy atom. The molecule has 0 nitrogen and oxygen atoms in total. The van der Waals surface area contributed by atoms with E-state index in [0.717, 1.165) is 6.42 Å². The molecule has 0 saturated carbocycles. The van der Waals surface area contributed by atoms with E-state index in [2.05, 4.69) is 40.7 Å². The first kappa shape index (κ1) is 9.51. The van der Waals surface area contributed by atoms with Crippen molar-refractivity contribution >= 4 is 5.57 Å². The molecule has 0 aromatic heterocycles. The molecule has 1 aliphatic carbocycles. The lowest BCUT2D eigenvalue weighted by molar-refractivity contribution is 1.13. The van der Waals surface area contributed by atoms with Gasteiger partial charge in [0.1, 0.15) is 0 Å². The summed E-state index contributed by atoms with van der Waals surface area (Å²) in [6.45, 7) is 11.2. The van der Waals surface area contributed by atoms with Crippen LogP contribution in [0.2, 0.25) is 0 Å². The van der Waals surface area contributed by atoms with Gasteiger partial charge in [-0.15, -0.1) is 0 Å². The van der Waals surface area contributed by atoms with Gasteiger partial charge in [0.2, 0.25) is 0 Å². The molecule has 1 aromatic rings. The molecule has 0 N–H and O–H groups in total. The van der Waals surface area contributed by atoms with Crippen molar-refractivity contribution in [1.82, 2.24) is 0 Å². The predicted molar refractivity (Wildman–Crippen MR) is 62.6 cm³/mol. The van der Waals surface area contributed by atoms with Crippen molar-refractivity contribution in [2.45, 2.75) is 41.0 Å². The molecular formula is C14H18. The topological polar surface area (TPSA) is 0 Å². The molecule has 1 aromatic carbocycles. The molecule has 74 valence electrons. The SMILES string of the molecule is CC1=C(C)c2c(C)cc(C)c(C)c2C1. The second-order valence-corrected chi connectivity index (χ2v) is 4.57. The number of rotatable bonds is 0. The van der Waals surface area contributed by atoms with Gasteiger partial charge in [-0.2, -0.15) is 0 Å². The molecule has 0 saturated heterocycles. The third-order valence-electron chi connectivity index (χ3n) is 3.63. The highest BCUT2D eigenvalue weighted by Crippen LogP contribution is 2.37. The van der Waals surface area contributed by atoms with Crippen LogP contribution in [0.25, 0.3) is 5.57 Å². The van der Waals surface area contributed by atoms with Gasteiger partial charge in [0.05, 0.1) is 0 Å². The van der Waals surface area contributed by atoms with Gasteiger partial charge < -0.3 is 0 Å². The number of benzene rings is 1.